The van der Waals surface area contributed by atoms with Crippen LogP contribution < -0.4 is 4.74 Å². The summed E-state index contributed by atoms with van der Waals surface area (Å²) in [7, 11) is 0. The standard InChI is InChI=1S/C15H11Cl2NO5/c1-8(19)23-12-7-6-11(13(16)14(12)17)15(20)9-2-4-10(5-3-9)18(21)22/h2-8,19H,1H3. The quantitative estimate of drug-likeness (QED) is 0.380. The molecule has 0 aliphatic rings. The van der Waals surface area contributed by atoms with Crippen molar-refractivity contribution in [2.45, 2.75) is 13.2 Å². The van der Waals surface area contributed by atoms with Gasteiger partial charge in [-0.25, -0.2) is 0 Å². The van der Waals surface area contributed by atoms with E-state index in [0.29, 0.717) is 0 Å². The average molecular weight is 356 g/mol. The molecule has 0 saturated carbocycles. The number of nitro groups is 1. The molecule has 0 saturated heterocycles. The number of hydrogen-bond acceptors (Lipinski definition) is 5. The molecule has 0 aromatic heterocycles. The maximum Gasteiger partial charge on any atom is 0.269 e. The predicted molar refractivity (Wildman–Crippen MR) is 85.3 cm³/mol. The summed E-state index contributed by atoms with van der Waals surface area (Å²) in [5, 5.41) is 19.8. The van der Waals surface area contributed by atoms with Gasteiger partial charge < -0.3 is 9.84 Å². The van der Waals surface area contributed by atoms with Crippen molar-refractivity contribution in [3.63, 3.8) is 0 Å². The Morgan fingerprint density at radius 2 is 1.78 bits per heavy atom. The largest absolute Gasteiger partial charge is 0.464 e. The molecule has 1 atom stereocenters. The number of aliphatic hydroxyl groups excluding tert-OH is 1. The van der Waals surface area contributed by atoms with E-state index in [0.717, 1.165) is 0 Å². The lowest BCUT2D eigenvalue weighted by atomic mass is 10.0. The summed E-state index contributed by atoms with van der Waals surface area (Å²) in [5.74, 6) is -0.290. The molecule has 2 aromatic rings. The van der Waals surface area contributed by atoms with Crippen LogP contribution in [-0.2, 0) is 0 Å². The Kier molecular flexibility index (Phi) is 5.20. The summed E-state index contributed by atoms with van der Waals surface area (Å²) in [6, 6.07) is 7.96. The number of ketones is 1. The molecule has 0 amide bonds. The van der Waals surface area contributed by atoms with E-state index in [2.05, 4.69) is 0 Å². The average Bonchev–Trinajstić information content (AvgIpc) is 2.51. The molecule has 1 unspecified atom stereocenters. The zero-order chi connectivity index (χ0) is 17.1. The van der Waals surface area contributed by atoms with Crippen LogP contribution >= 0.6 is 23.2 Å². The summed E-state index contributed by atoms with van der Waals surface area (Å²) in [6.45, 7) is 1.40. The van der Waals surface area contributed by atoms with Crippen LogP contribution in [0.1, 0.15) is 22.8 Å². The Bertz CT molecular complexity index is 759. The van der Waals surface area contributed by atoms with E-state index in [4.69, 9.17) is 27.9 Å². The van der Waals surface area contributed by atoms with Crippen molar-refractivity contribution in [1.82, 2.24) is 0 Å². The minimum absolute atomic E-state index is 0.000304. The van der Waals surface area contributed by atoms with Crippen molar-refractivity contribution in [1.29, 1.82) is 0 Å². The molecular formula is C15H11Cl2NO5. The lowest BCUT2D eigenvalue weighted by molar-refractivity contribution is -0.384. The van der Waals surface area contributed by atoms with Crippen molar-refractivity contribution in [3.8, 4) is 5.75 Å². The highest BCUT2D eigenvalue weighted by atomic mass is 35.5. The highest BCUT2D eigenvalue weighted by Crippen LogP contribution is 2.36. The smallest absolute Gasteiger partial charge is 0.269 e. The first-order chi connectivity index (χ1) is 10.8. The Morgan fingerprint density at radius 3 is 2.30 bits per heavy atom. The number of rotatable bonds is 5. The maximum atomic E-state index is 12.4. The fraction of sp³-hybridized carbons (Fsp3) is 0.133. The second-order valence-corrected chi connectivity index (χ2v) is 5.35. The third kappa shape index (κ3) is 3.79. The molecule has 0 spiro atoms. The van der Waals surface area contributed by atoms with Crippen LogP contribution in [0.2, 0.25) is 10.0 Å². The van der Waals surface area contributed by atoms with Crippen molar-refractivity contribution >= 4 is 34.7 Å². The third-order valence-electron chi connectivity index (χ3n) is 2.93. The van der Waals surface area contributed by atoms with Crippen LogP contribution in [0.3, 0.4) is 0 Å². The summed E-state index contributed by atoms with van der Waals surface area (Å²) in [5.41, 5.74) is 0.243. The molecule has 1 N–H and O–H groups in total. The third-order valence-corrected chi connectivity index (χ3v) is 3.79. The number of halogens is 2. The van der Waals surface area contributed by atoms with Crippen LogP contribution in [-0.4, -0.2) is 22.1 Å². The van der Waals surface area contributed by atoms with Gasteiger partial charge in [0.2, 0.25) is 0 Å². The topological polar surface area (TPSA) is 89.7 Å². The van der Waals surface area contributed by atoms with Gasteiger partial charge in [0, 0.05) is 23.3 Å². The number of aliphatic hydroxyl groups is 1. The number of hydrogen-bond donors (Lipinski definition) is 1. The molecule has 8 heteroatoms. The van der Waals surface area contributed by atoms with Gasteiger partial charge in [-0.2, -0.15) is 0 Å². The molecule has 0 aliphatic heterocycles. The van der Waals surface area contributed by atoms with E-state index < -0.39 is 17.0 Å². The van der Waals surface area contributed by atoms with Gasteiger partial charge in [-0.05, 0) is 31.2 Å². The molecule has 2 rings (SSSR count). The predicted octanol–water partition coefficient (Wildman–Crippen LogP) is 3.85. The second-order valence-electron chi connectivity index (χ2n) is 4.59. The first-order valence-electron chi connectivity index (χ1n) is 6.43. The van der Waals surface area contributed by atoms with Gasteiger partial charge in [0.05, 0.1) is 9.95 Å². The summed E-state index contributed by atoms with van der Waals surface area (Å²) in [4.78, 5) is 22.5. The SMILES string of the molecule is CC(O)Oc1ccc(C(=O)c2ccc([N+](=O)[O-])cc2)c(Cl)c1Cl. The normalized spacial score (nSPS) is 11.8. The minimum atomic E-state index is -1.08. The van der Waals surface area contributed by atoms with Gasteiger partial charge >= 0.3 is 0 Å². The van der Waals surface area contributed by atoms with Gasteiger partial charge in [0.25, 0.3) is 5.69 Å². The Labute approximate surface area is 141 Å². The number of benzene rings is 2. The molecule has 23 heavy (non-hydrogen) atoms. The highest BCUT2D eigenvalue weighted by Gasteiger charge is 2.19. The van der Waals surface area contributed by atoms with Crippen molar-refractivity contribution in [3.05, 3.63) is 67.7 Å². The van der Waals surface area contributed by atoms with E-state index in [1.54, 1.807) is 0 Å². The monoisotopic (exact) mass is 355 g/mol. The van der Waals surface area contributed by atoms with Gasteiger partial charge in [-0.1, -0.05) is 23.2 Å². The number of carbonyl (C=O) groups excluding carboxylic acids is 1. The molecule has 6 nitrogen and oxygen atoms in total. The fourth-order valence-corrected chi connectivity index (χ4v) is 2.32. The molecular weight excluding hydrogens is 345 g/mol. The lowest BCUT2D eigenvalue weighted by Gasteiger charge is -2.13. The second kappa shape index (κ2) is 6.95. The molecule has 0 radical (unpaired) electrons. The van der Waals surface area contributed by atoms with Gasteiger partial charge in [-0.3, -0.25) is 14.9 Å². The van der Waals surface area contributed by atoms with Crippen LogP contribution in [0.4, 0.5) is 5.69 Å². The molecule has 0 aliphatic carbocycles. The molecule has 2 aromatic carbocycles. The summed E-state index contributed by atoms with van der Waals surface area (Å²) < 4.78 is 5.06. The van der Waals surface area contributed by atoms with Crippen molar-refractivity contribution < 1.29 is 19.6 Å². The zero-order valence-corrected chi connectivity index (χ0v) is 13.3. The number of non-ortho nitro benzene ring substituents is 1. The molecule has 0 bridgehead atoms. The first-order valence-corrected chi connectivity index (χ1v) is 7.18. The van der Waals surface area contributed by atoms with Gasteiger partial charge in [0.1, 0.15) is 10.8 Å². The summed E-state index contributed by atoms with van der Waals surface area (Å²) in [6.07, 6.45) is -1.08. The number of ether oxygens (including phenoxy) is 1. The fourth-order valence-electron chi connectivity index (χ4n) is 1.87. The first kappa shape index (κ1) is 17.2. The van der Waals surface area contributed by atoms with E-state index in [1.165, 1.54) is 43.3 Å². The Balaban J connectivity index is 2.36. The molecule has 0 fully saturated rings. The van der Waals surface area contributed by atoms with E-state index in [-0.39, 0.29) is 32.6 Å². The highest BCUT2D eigenvalue weighted by molar-refractivity contribution is 6.45. The molecule has 120 valence electrons. The van der Waals surface area contributed by atoms with E-state index in [1.807, 2.05) is 0 Å². The van der Waals surface area contributed by atoms with Gasteiger partial charge in [0.15, 0.2) is 12.1 Å². The lowest BCUT2D eigenvalue weighted by Crippen LogP contribution is -2.10. The van der Waals surface area contributed by atoms with Crippen molar-refractivity contribution in [2.24, 2.45) is 0 Å². The van der Waals surface area contributed by atoms with Crippen LogP contribution in [0.25, 0.3) is 0 Å². The summed E-state index contributed by atoms with van der Waals surface area (Å²) >= 11 is 12.1. The van der Waals surface area contributed by atoms with Crippen LogP contribution in [0, 0.1) is 10.1 Å². The van der Waals surface area contributed by atoms with Gasteiger partial charge in [-0.15, -0.1) is 0 Å². The maximum absolute atomic E-state index is 12.4. The Hall–Kier alpha value is -2.15. The number of nitrogens with zero attached hydrogens (tertiary/aromatic N) is 1. The van der Waals surface area contributed by atoms with E-state index >= 15 is 0 Å². The molecule has 0 heterocycles. The van der Waals surface area contributed by atoms with Crippen LogP contribution in [0.15, 0.2) is 36.4 Å². The number of carbonyl (C=O) groups is 1. The number of nitro benzene ring substituents is 1. The van der Waals surface area contributed by atoms with E-state index in [9.17, 15) is 20.0 Å². The zero-order valence-electron chi connectivity index (χ0n) is 11.8. The van der Waals surface area contributed by atoms with Crippen molar-refractivity contribution in [2.75, 3.05) is 0 Å². The minimum Gasteiger partial charge on any atom is -0.464 e. The van der Waals surface area contributed by atoms with Crippen LogP contribution in [0.5, 0.6) is 5.75 Å². The Morgan fingerprint density at radius 1 is 1.17 bits per heavy atom.